The fourth-order valence-electron chi connectivity index (χ4n) is 12.5. The first kappa shape index (κ1) is 45.1. The summed E-state index contributed by atoms with van der Waals surface area (Å²) in [4.78, 5) is 0. The molecule has 12 rings (SSSR count). The van der Waals surface area contributed by atoms with Crippen LogP contribution < -0.4 is 0 Å². The van der Waals surface area contributed by atoms with Gasteiger partial charge in [-0.3, -0.25) is 0 Å². The summed E-state index contributed by atoms with van der Waals surface area (Å²) in [5.74, 6) is 0. The van der Waals surface area contributed by atoms with Gasteiger partial charge in [0.1, 0.15) is 0 Å². The zero-order valence-corrected chi connectivity index (χ0v) is 43.8. The third kappa shape index (κ3) is 7.15. The van der Waals surface area contributed by atoms with Crippen molar-refractivity contribution in [3.05, 3.63) is 226 Å². The number of rotatable bonds is 5. The Hall–Kier alpha value is -7.02. The van der Waals surface area contributed by atoms with Crippen molar-refractivity contribution in [2.45, 2.75) is 110 Å². The highest BCUT2D eigenvalue weighted by Gasteiger charge is 2.38. The zero-order valence-electron chi connectivity index (χ0n) is 43.8. The largest absolute Gasteiger partial charge is 0.0619 e. The molecule has 0 radical (unpaired) electrons. The maximum Gasteiger partial charge on any atom is 0.0159 e. The predicted molar refractivity (Wildman–Crippen MR) is 304 cm³/mol. The van der Waals surface area contributed by atoms with E-state index >= 15 is 0 Å². The summed E-state index contributed by atoms with van der Waals surface area (Å²) in [6.45, 7) is 28.3. The topological polar surface area (TPSA) is 0 Å². The van der Waals surface area contributed by atoms with E-state index in [1.807, 2.05) is 0 Å². The Labute approximate surface area is 423 Å². The van der Waals surface area contributed by atoms with Crippen LogP contribution in [0.25, 0.3) is 89.0 Å². The fraction of sp³-hybridized carbons (Fsp3) is 0.239. The summed E-state index contributed by atoms with van der Waals surface area (Å²) in [6, 6.07) is 70.2. The minimum Gasteiger partial charge on any atom is -0.0619 e. The van der Waals surface area contributed by atoms with Crippen LogP contribution in [0.5, 0.6) is 0 Å². The standard InChI is InChI=1S/C71H66/c1-67(2,3)53-35-52(36-54(42-53)68(4,5)6)51-28-33-60-58-30-25-48(38-64(58)71(11,12)66(60)41-51)44-22-20-43(21-23-44)47-24-29-57-59-32-27-50(40-65(59)70(9,10)63(57)37-47)46-17-15-16-45(34-46)49-26-31-56-55-18-13-14-19-61(55)69(7,8)62(56)39-49/h13-42H,1-12H3. The van der Waals surface area contributed by atoms with Crippen molar-refractivity contribution in [2.24, 2.45) is 0 Å². The highest BCUT2D eigenvalue weighted by atomic mass is 14.4. The Balaban J connectivity index is 0.798. The average Bonchev–Trinajstić information content (AvgIpc) is 3.84. The molecule has 9 aromatic carbocycles. The van der Waals surface area contributed by atoms with E-state index in [-0.39, 0.29) is 27.1 Å². The Morgan fingerprint density at radius 3 is 0.873 bits per heavy atom. The van der Waals surface area contributed by atoms with E-state index in [4.69, 9.17) is 0 Å². The molecular formula is C71H66. The lowest BCUT2D eigenvalue weighted by Gasteiger charge is -2.27. The van der Waals surface area contributed by atoms with Gasteiger partial charge in [0.2, 0.25) is 0 Å². The van der Waals surface area contributed by atoms with Crippen LogP contribution in [0.4, 0.5) is 0 Å². The smallest absolute Gasteiger partial charge is 0.0159 e. The van der Waals surface area contributed by atoms with Gasteiger partial charge in [-0.05, 0) is 181 Å². The van der Waals surface area contributed by atoms with Crippen molar-refractivity contribution >= 4 is 0 Å². The molecule has 0 amide bonds. The molecule has 71 heavy (non-hydrogen) atoms. The molecule has 0 heteroatoms. The molecule has 0 bridgehead atoms. The van der Waals surface area contributed by atoms with E-state index in [9.17, 15) is 0 Å². The number of hydrogen-bond donors (Lipinski definition) is 0. The molecule has 0 atom stereocenters. The number of benzene rings is 9. The monoisotopic (exact) mass is 919 g/mol. The van der Waals surface area contributed by atoms with E-state index in [2.05, 4.69) is 265 Å². The van der Waals surface area contributed by atoms with Gasteiger partial charge in [0.15, 0.2) is 0 Å². The van der Waals surface area contributed by atoms with Crippen LogP contribution in [-0.2, 0) is 27.1 Å². The van der Waals surface area contributed by atoms with Gasteiger partial charge in [-0.1, -0.05) is 229 Å². The van der Waals surface area contributed by atoms with Gasteiger partial charge in [-0.15, -0.1) is 0 Å². The van der Waals surface area contributed by atoms with Crippen LogP contribution >= 0.6 is 0 Å². The van der Waals surface area contributed by atoms with Crippen LogP contribution in [0.1, 0.15) is 128 Å². The third-order valence-corrected chi connectivity index (χ3v) is 17.0. The highest BCUT2D eigenvalue weighted by Crippen LogP contribution is 2.54. The third-order valence-electron chi connectivity index (χ3n) is 17.0. The molecule has 0 saturated heterocycles. The molecule has 0 aliphatic heterocycles. The first-order chi connectivity index (χ1) is 33.7. The molecule has 0 fully saturated rings. The van der Waals surface area contributed by atoms with Crippen LogP contribution in [0.3, 0.4) is 0 Å². The molecule has 0 unspecified atom stereocenters. The lowest BCUT2D eigenvalue weighted by Crippen LogP contribution is -2.17. The quantitative estimate of drug-likeness (QED) is 0.161. The molecule has 3 aliphatic carbocycles. The normalized spacial score (nSPS) is 15.4. The molecule has 0 spiro atoms. The maximum absolute atomic E-state index is 2.47. The van der Waals surface area contributed by atoms with Gasteiger partial charge < -0.3 is 0 Å². The van der Waals surface area contributed by atoms with Crippen LogP contribution in [0.2, 0.25) is 0 Å². The minimum atomic E-state index is -0.143. The summed E-state index contributed by atoms with van der Waals surface area (Å²) < 4.78 is 0. The number of fused-ring (bicyclic) bond motifs is 9. The SMILES string of the molecule is CC(C)(C)c1cc(-c2ccc3c(c2)C(C)(C)c2cc(-c4ccc(-c5ccc6c(c5)C(C)(C)c5cc(-c7cccc(-c8ccc9c(c8)C(C)(C)c8ccccc8-9)c7)ccc5-6)cc4)ccc2-3)cc(C(C)(C)C)c1. The van der Waals surface area contributed by atoms with Crippen LogP contribution in [-0.4, -0.2) is 0 Å². The number of hydrogen-bond acceptors (Lipinski definition) is 0. The Morgan fingerprint density at radius 2 is 0.507 bits per heavy atom. The Bertz CT molecular complexity index is 3630. The van der Waals surface area contributed by atoms with Gasteiger partial charge in [0.25, 0.3) is 0 Å². The van der Waals surface area contributed by atoms with Crippen molar-refractivity contribution in [2.75, 3.05) is 0 Å². The lowest BCUT2D eigenvalue weighted by atomic mass is 9.78. The Morgan fingerprint density at radius 1 is 0.225 bits per heavy atom. The second-order valence-corrected chi connectivity index (χ2v) is 24.7. The fourth-order valence-corrected chi connectivity index (χ4v) is 12.5. The first-order valence-corrected chi connectivity index (χ1v) is 25.9. The molecule has 350 valence electrons. The molecular weight excluding hydrogens is 853 g/mol. The van der Waals surface area contributed by atoms with Crippen molar-refractivity contribution < 1.29 is 0 Å². The second-order valence-electron chi connectivity index (χ2n) is 24.7. The molecule has 3 aliphatic rings. The summed E-state index contributed by atoms with van der Waals surface area (Å²) in [6.07, 6.45) is 0. The molecule has 9 aromatic rings. The lowest BCUT2D eigenvalue weighted by molar-refractivity contribution is 0.569. The average molecular weight is 919 g/mol. The molecule has 0 N–H and O–H groups in total. The first-order valence-electron chi connectivity index (χ1n) is 25.9. The zero-order chi connectivity index (χ0) is 49.6. The van der Waals surface area contributed by atoms with Gasteiger partial charge in [-0.25, -0.2) is 0 Å². The van der Waals surface area contributed by atoms with E-state index in [0.29, 0.717) is 0 Å². The molecule has 0 aromatic heterocycles. The second kappa shape index (κ2) is 15.5. The summed E-state index contributed by atoms with van der Waals surface area (Å²) in [7, 11) is 0. The van der Waals surface area contributed by atoms with Crippen molar-refractivity contribution in [3.8, 4) is 89.0 Å². The van der Waals surface area contributed by atoms with Gasteiger partial charge in [0, 0.05) is 16.2 Å². The van der Waals surface area contributed by atoms with Gasteiger partial charge >= 0.3 is 0 Å². The van der Waals surface area contributed by atoms with Crippen LogP contribution in [0, 0.1) is 0 Å². The van der Waals surface area contributed by atoms with Gasteiger partial charge in [0.05, 0.1) is 0 Å². The van der Waals surface area contributed by atoms with Gasteiger partial charge in [-0.2, -0.15) is 0 Å². The van der Waals surface area contributed by atoms with Crippen molar-refractivity contribution in [1.29, 1.82) is 0 Å². The molecule has 0 saturated carbocycles. The maximum atomic E-state index is 2.47. The molecule has 0 nitrogen and oxygen atoms in total. The summed E-state index contributed by atoms with van der Waals surface area (Å²) >= 11 is 0. The predicted octanol–water partition coefficient (Wildman–Crippen LogP) is 19.5. The van der Waals surface area contributed by atoms with E-state index < -0.39 is 0 Å². The van der Waals surface area contributed by atoms with Crippen molar-refractivity contribution in [3.63, 3.8) is 0 Å². The minimum absolute atomic E-state index is 0.0254. The summed E-state index contributed by atoms with van der Waals surface area (Å²) in [5.41, 5.74) is 31.8. The highest BCUT2D eigenvalue weighted by molar-refractivity contribution is 5.89. The summed E-state index contributed by atoms with van der Waals surface area (Å²) in [5, 5.41) is 0. The Kier molecular flexibility index (Phi) is 9.85. The van der Waals surface area contributed by atoms with E-state index in [0.717, 1.165) is 0 Å². The van der Waals surface area contributed by atoms with Crippen molar-refractivity contribution in [1.82, 2.24) is 0 Å². The van der Waals surface area contributed by atoms with E-state index in [1.165, 1.54) is 134 Å². The molecule has 0 heterocycles. The van der Waals surface area contributed by atoms with E-state index in [1.54, 1.807) is 0 Å². The van der Waals surface area contributed by atoms with Crippen LogP contribution in [0.15, 0.2) is 182 Å².